The highest BCUT2D eigenvalue weighted by molar-refractivity contribution is 5.90. The summed E-state index contributed by atoms with van der Waals surface area (Å²) in [5, 5.41) is 15.2. The molecule has 0 aliphatic carbocycles. The minimum atomic E-state index is -0.193. The summed E-state index contributed by atoms with van der Waals surface area (Å²) >= 11 is 0. The Kier molecular flexibility index (Phi) is 4.97. The maximum Gasteiger partial charge on any atom is 0.248 e. The Morgan fingerprint density at radius 3 is 2.35 bits per heavy atom. The normalized spacial score (nSPS) is 10.6. The Hall–Kier alpha value is -3.22. The molecule has 0 aliphatic rings. The fourth-order valence-electron chi connectivity index (χ4n) is 2.71. The number of amides is 1. The minimum absolute atomic E-state index is 0.00969. The van der Waals surface area contributed by atoms with E-state index in [2.05, 4.69) is 26.8 Å². The molecule has 0 fully saturated rings. The number of tetrazole rings is 1. The van der Waals surface area contributed by atoms with Gasteiger partial charge in [-0.3, -0.25) is 4.79 Å². The molecular formula is C19H22N6O. The van der Waals surface area contributed by atoms with Crippen molar-refractivity contribution < 1.29 is 4.79 Å². The van der Waals surface area contributed by atoms with Gasteiger partial charge < -0.3 is 10.2 Å². The van der Waals surface area contributed by atoms with E-state index in [0.717, 1.165) is 28.1 Å². The first-order valence-corrected chi connectivity index (χ1v) is 8.34. The smallest absolute Gasteiger partial charge is 0.248 e. The monoisotopic (exact) mass is 350 g/mol. The van der Waals surface area contributed by atoms with Crippen LogP contribution in [0.3, 0.4) is 0 Å². The van der Waals surface area contributed by atoms with Crippen molar-refractivity contribution in [1.82, 2.24) is 20.2 Å². The van der Waals surface area contributed by atoms with E-state index in [4.69, 9.17) is 0 Å². The zero-order chi connectivity index (χ0) is 18.7. The Morgan fingerprint density at radius 1 is 1.08 bits per heavy atom. The third-order valence-corrected chi connectivity index (χ3v) is 3.89. The molecule has 26 heavy (non-hydrogen) atoms. The fraction of sp³-hybridized carbons (Fsp3) is 0.263. The Bertz CT molecular complexity index is 894. The molecule has 1 amide bonds. The van der Waals surface area contributed by atoms with Crippen LogP contribution in [0.4, 0.5) is 11.4 Å². The zero-order valence-electron chi connectivity index (χ0n) is 15.4. The molecule has 0 saturated heterocycles. The third kappa shape index (κ3) is 4.24. The van der Waals surface area contributed by atoms with Crippen LogP contribution in [0, 0.1) is 13.8 Å². The molecular weight excluding hydrogens is 328 g/mol. The highest BCUT2D eigenvalue weighted by Crippen LogP contribution is 2.18. The fourth-order valence-corrected chi connectivity index (χ4v) is 2.71. The molecule has 7 heteroatoms. The second-order valence-electron chi connectivity index (χ2n) is 6.51. The van der Waals surface area contributed by atoms with Crippen molar-refractivity contribution in [2.24, 2.45) is 0 Å². The highest BCUT2D eigenvalue weighted by atomic mass is 16.2. The van der Waals surface area contributed by atoms with Crippen LogP contribution in [0.25, 0.3) is 11.4 Å². The van der Waals surface area contributed by atoms with Gasteiger partial charge in [0.2, 0.25) is 11.7 Å². The summed E-state index contributed by atoms with van der Waals surface area (Å²) in [5.41, 5.74) is 4.92. The lowest BCUT2D eigenvalue weighted by Gasteiger charge is -2.11. The Morgan fingerprint density at radius 2 is 1.73 bits per heavy atom. The van der Waals surface area contributed by atoms with Gasteiger partial charge in [0.05, 0.1) is 0 Å². The van der Waals surface area contributed by atoms with Crippen LogP contribution in [-0.2, 0) is 11.3 Å². The van der Waals surface area contributed by atoms with Gasteiger partial charge in [-0.2, -0.15) is 4.80 Å². The van der Waals surface area contributed by atoms with Crippen molar-refractivity contribution >= 4 is 17.3 Å². The topological polar surface area (TPSA) is 75.9 Å². The number of benzene rings is 2. The first kappa shape index (κ1) is 17.6. The maximum absolute atomic E-state index is 12.2. The number of rotatable bonds is 5. The number of carbonyl (C=O) groups excluding carboxylic acids is 1. The number of anilines is 2. The predicted molar refractivity (Wildman–Crippen MR) is 102 cm³/mol. The standard InChI is InChI=1S/C19H22N6O/c1-13-9-14(2)11-16(10-13)20-18(26)12-25-22-19(21-23-25)15-5-7-17(8-6-15)24(3)4/h5-11H,12H2,1-4H3,(H,20,26). The van der Waals surface area contributed by atoms with Gasteiger partial charge >= 0.3 is 0 Å². The number of nitrogens with one attached hydrogen (secondary N) is 1. The molecule has 7 nitrogen and oxygen atoms in total. The molecule has 0 saturated carbocycles. The molecule has 0 radical (unpaired) electrons. The van der Waals surface area contributed by atoms with E-state index in [1.165, 1.54) is 4.80 Å². The lowest BCUT2D eigenvalue weighted by atomic mass is 10.1. The minimum Gasteiger partial charge on any atom is -0.378 e. The highest BCUT2D eigenvalue weighted by Gasteiger charge is 2.10. The number of nitrogens with zero attached hydrogens (tertiary/aromatic N) is 5. The number of hydrogen-bond donors (Lipinski definition) is 1. The number of aromatic nitrogens is 4. The zero-order valence-corrected chi connectivity index (χ0v) is 15.4. The average molecular weight is 350 g/mol. The second-order valence-corrected chi connectivity index (χ2v) is 6.51. The number of carbonyl (C=O) groups is 1. The number of hydrogen-bond acceptors (Lipinski definition) is 5. The van der Waals surface area contributed by atoms with E-state index in [1.54, 1.807) is 0 Å². The molecule has 3 aromatic rings. The SMILES string of the molecule is Cc1cc(C)cc(NC(=O)Cn2nnc(-c3ccc(N(C)C)cc3)n2)c1. The summed E-state index contributed by atoms with van der Waals surface area (Å²) in [5.74, 6) is 0.302. The molecule has 0 spiro atoms. The molecule has 2 aromatic carbocycles. The molecule has 0 atom stereocenters. The van der Waals surface area contributed by atoms with Crippen molar-refractivity contribution in [2.75, 3.05) is 24.3 Å². The molecule has 1 N–H and O–H groups in total. The van der Waals surface area contributed by atoms with Crippen LogP contribution < -0.4 is 10.2 Å². The molecule has 1 aromatic heterocycles. The Labute approximate surface area is 152 Å². The summed E-state index contributed by atoms with van der Waals surface area (Å²) < 4.78 is 0. The van der Waals surface area contributed by atoms with E-state index in [9.17, 15) is 4.79 Å². The molecule has 1 heterocycles. The molecule has 134 valence electrons. The molecule has 3 rings (SSSR count). The van der Waals surface area contributed by atoms with Crippen molar-refractivity contribution in [3.8, 4) is 11.4 Å². The molecule has 0 aliphatic heterocycles. The van der Waals surface area contributed by atoms with Crippen LogP contribution in [-0.4, -0.2) is 40.2 Å². The van der Waals surface area contributed by atoms with Crippen LogP contribution in [0.2, 0.25) is 0 Å². The predicted octanol–water partition coefficient (Wildman–Crippen LogP) is 2.66. The Balaban J connectivity index is 1.67. The van der Waals surface area contributed by atoms with Gasteiger partial charge in [-0.05, 0) is 66.6 Å². The van der Waals surface area contributed by atoms with E-state index in [-0.39, 0.29) is 12.5 Å². The van der Waals surface area contributed by atoms with E-state index >= 15 is 0 Å². The van der Waals surface area contributed by atoms with Crippen molar-refractivity contribution in [2.45, 2.75) is 20.4 Å². The van der Waals surface area contributed by atoms with Crippen LogP contribution in [0.1, 0.15) is 11.1 Å². The lowest BCUT2D eigenvalue weighted by molar-refractivity contribution is -0.117. The van der Waals surface area contributed by atoms with E-state index in [1.807, 2.05) is 69.2 Å². The van der Waals surface area contributed by atoms with Crippen LogP contribution >= 0.6 is 0 Å². The molecule has 0 unspecified atom stereocenters. The van der Waals surface area contributed by atoms with E-state index in [0.29, 0.717) is 5.82 Å². The van der Waals surface area contributed by atoms with Gasteiger partial charge in [-0.15, -0.1) is 10.2 Å². The van der Waals surface area contributed by atoms with Crippen LogP contribution in [0.5, 0.6) is 0 Å². The van der Waals surface area contributed by atoms with Crippen LogP contribution in [0.15, 0.2) is 42.5 Å². The van der Waals surface area contributed by atoms with Crippen molar-refractivity contribution in [3.05, 3.63) is 53.6 Å². The third-order valence-electron chi connectivity index (χ3n) is 3.89. The van der Waals surface area contributed by atoms with Gasteiger partial charge in [0.25, 0.3) is 0 Å². The number of aryl methyl sites for hydroxylation is 2. The largest absolute Gasteiger partial charge is 0.378 e. The summed E-state index contributed by atoms with van der Waals surface area (Å²) in [7, 11) is 3.97. The summed E-state index contributed by atoms with van der Waals surface area (Å²) in [4.78, 5) is 15.5. The van der Waals surface area contributed by atoms with Gasteiger partial charge in [0.15, 0.2) is 0 Å². The average Bonchev–Trinajstić information content (AvgIpc) is 3.02. The summed E-state index contributed by atoms with van der Waals surface area (Å²) in [6, 6.07) is 13.8. The summed E-state index contributed by atoms with van der Waals surface area (Å²) in [6.07, 6.45) is 0. The van der Waals surface area contributed by atoms with Gasteiger partial charge in [-0.25, -0.2) is 0 Å². The lowest BCUT2D eigenvalue weighted by Crippen LogP contribution is -2.20. The summed E-state index contributed by atoms with van der Waals surface area (Å²) in [6.45, 7) is 4.00. The molecule has 0 bridgehead atoms. The van der Waals surface area contributed by atoms with E-state index < -0.39 is 0 Å². The van der Waals surface area contributed by atoms with Gasteiger partial charge in [-0.1, -0.05) is 6.07 Å². The van der Waals surface area contributed by atoms with Gasteiger partial charge in [0.1, 0.15) is 6.54 Å². The quantitative estimate of drug-likeness (QED) is 0.766. The first-order chi connectivity index (χ1) is 12.4. The maximum atomic E-state index is 12.2. The van der Waals surface area contributed by atoms with Crippen molar-refractivity contribution in [1.29, 1.82) is 0 Å². The van der Waals surface area contributed by atoms with Crippen molar-refractivity contribution in [3.63, 3.8) is 0 Å². The first-order valence-electron chi connectivity index (χ1n) is 8.34. The second kappa shape index (κ2) is 7.35. The van der Waals surface area contributed by atoms with Gasteiger partial charge in [0, 0.05) is 31.0 Å².